The minimum Gasteiger partial charge on any atom is -0.393 e. The van der Waals surface area contributed by atoms with E-state index in [9.17, 15) is 9.90 Å². The first-order chi connectivity index (χ1) is 9.45. The fourth-order valence-electron chi connectivity index (χ4n) is 1.97. The van der Waals surface area contributed by atoms with Crippen molar-refractivity contribution in [1.82, 2.24) is 4.90 Å². The van der Waals surface area contributed by atoms with Crippen LogP contribution in [0.4, 0.5) is 5.69 Å². The molecule has 2 N–H and O–H groups in total. The molecule has 0 aromatic heterocycles. The largest absolute Gasteiger partial charge is 0.393 e. The predicted octanol–water partition coefficient (Wildman–Crippen LogP) is 2.66. The molecule has 4 heteroatoms. The van der Waals surface area contributed by atoms with Gasteiger partial charge in [0, 0.05) is 31.4 Å². The molecule has 0 aliphatic rings. The van der Waals surface area contributed by atoms with Crippen molar-refractivity contribution in [2.24, 2.45) is 0 Å². The summed E-state index contributed by atoms with van der Waals surface area (Å²) < 4.78 is 0. The van der Waals surface area contributed by atoms with Crippen LogP contribution in [0, 0.1) is 6.92 Å². The van der Waals surface area contributed by atoms with Crippen LogP contribution in [0.15, 0.2) is 18.2 Å². The number of hydrogen-bond donors (Lipinski definition) is 2. The molecule has 0 fully saturated rings. The first-order valence-corrected chi connectivity index (χ1v) is 7.23. The Morgan fingerprint density at radius 3 is 2.70 bits per heavy atom. The van der Waals surface area contributed by atoms with Gasteiger partial charge < -0.3 is 15.3 Å². The number of benzene rings is 1. The molecule has 1 atom stereocenters. The Balaban J connectivity index is 2.72. The smallest absolute Gasteiger partial charge is 0.253 e. The number of carbonyl (C=O) groups excluding carboxylic acids is 1. The highest BCUT2D eigenvalue weighted by molar-refractivity contribution is 5.95. The van der Waals surface area contributed by atoms with Gasteiger partial charge in [0.25, 0.3) is 5.91 Å². The van der Waals surface area contributed by atoms with Crippen molar-refractivity contribution in [2.75, 3.05) is 25.5 Å². The van der Waals surface area contributed by atoms with E-state index in [0.29, 0.717) is 13.0 Å². The van der Waals surface area contributed by atoms with E-state index < -0.39 is 0 Å². The molecular formula is C16H26N2O2. The van der Waals surface area contributed by atoms with Crippen LogP contribution in [0.5, 0.6) is 0 Å². The lowest BCUT2D eigenvalue weighted by Gasteiger charge is -2.19. The standard InChI is InChI=1S/C16H26N2O2/c1-5-9-17-14-6-7-15(12(2)11-14)16(20)18(4)10-8-13(3)19/h6-7,11,13,17,19H,5,8-10H2,1-4H3. The average molecular weight is 278 g/mol. The highest BCUT2D eigenvalue weighted by atomic mass is 16.3. The van der Waals surface area contributed by atoms with Crippen LogP contribution in [0.1, 0.15) is 42.6 Å². The van der Waals surface area contributed by atoms with Crippen LogP contribution in [0.25, 0.3) is 0 Å². The Kier molecular flexibility index (Phi) is 6.52. The maximum absolute atomic E-state index is 12.3. The van der Waals surface area contributed by atoms with Gasteiger partial charge in [-0.15, -0.1) is 0 Å². The van der Waals surface area contributed by atoms with E-state index in [2.05, 4.69) is 12.2 Å². The number of aryl methyl sites for hydroxylation is 1. The van der Waals surface area contributed by atoms with E-state index in [0.717, 1.165) is 29.8 Å². The summed E-state index contributed by atoms with van der Waals surface area (Å²) in [6.45, 7) is 7.30. The molecule has 0 saturated carbocycles. The maximum atomic E-state index is 12.3. The number of hydrogen-bond acceptors (Lipinski definition) is 3. The van der Waals surface area contributed by atoms with Crippen LogP contribution in [0.2, 0.25) is 0 Å². The summed E-state index contributed by atoms with van der Waals surface area (Å²) in [5, 5.41) is 12.6. The number of aliphatic hydroxyl groups excluding tert-OH is 1. The van der Waals surface area contributed by atoms with Gasteiger partial charge in [0.1, 0.15) is 0 Å². The third kappa shape index (κ3) is 4.85. The molecular weight excluding hydrogens is 252 g/mol. The molecule has 0 radical (unpaired) electrons. The van der Waals surface area contributed by atoms with Crippen LogP contribution < -0.4 is 5.32 Å². The van der Waals surface area contributed by atoms with E-state index >= 15 is 0 Å². The molecule has 1 aromatic rings. The Bertz CT molecular complexity index is 444. The molecule has 0 heterocycles. The highest BCUT2D eigenvalue weighted by Crippen LogP contribution is 2.17. The molecule has 0 saturated heterocycles. The van der Waals surface area contributed by atoms with Crippen molar-refractivity contribution in [3.8, 4) is 0 Å². The minimum atomic E-state index is -0.382. The van der Waals surface area contributed by atoms with Gasteiger partial charge in [-0.2, -0.15) is 0 Å². The fourth-order valence-corrected chi connectivity index (χ4v) is 1.97. The number of aliphatic hydroxyl groups is 1. The Labute approximate surface area is 121 Å². The molecule has 1 unspecified atom stereocenters. The molecule has 0 spiro atoms. The van der Waals surface area contributed by atoms with Gasteiger partial charge in [0.15, 0.2) is 0 Å². The zero-order valence-electron chi connectivity index (χ0n) is 12.9. The lowest BCUT2D eigenvalue weighted by atomic mass is 10.1. The summed E-state index contributed by atoms with van der Waals surface area (Å²) in [4.78, 5) is 14.0. The first kappa shape index (κ1) is 16.5. The average Bonchev–Trinajstić information content (AvgIpc) is 2.41. The number of rotatable bonds is 7. The summed E-state index contributed by atoms with van der Waals surface area (Å²) >= 11 is 0. The lowest BCUT2D eigenvalue weighted by molar-refractivity contribution is 0.0768. The summed E-state index contributed by atoms with van der Waals surface area (Å²) in [6.07, 6.45) is 1.28. The number of nitrogens with zero attached hydrogens (tertiary/aromatic N) is 1. The van der Waals surface area contributed by atoms with Crippen molar-refractivity contribution in [1.29, 1.82) is 0 Å². The van der Waals surface area contributed by atoms with Crippen molar-refractivity contribution >= 4 is 11.6 Å². The molecule has 1 aromatic carbocycles. The predicted molar refractivity (Wildman–Crippen MR) is 83.2 cm³/mol. The molecule has 0 aliphatic heterocycles. The zero-order chi connectivity index (χ0) is 15.1. The summed E-state index contributed by atoms with van der Waals surface area (Å²) in [6, 6.07) is 5.82. The van der Waals surface area contributed by atoms with E-state index in [-0.39, 0.29) is 12.0 Å². The second kappa shape index (κ2) is 7.90. The van der Waals surface area contributed by atoms with E-state index in [4.69, 9.17) is 0 Å². The molecule has 1 rings (SSSR count). The topological polar surface area (TPSA) is 52.6 Å². The Hall–Kier alpha value is -1.55. The third-order valence-corrected chi connectivity index (χ3v) is 3.26. The maximum Gasteiger partial charge on any atom is 0.253 e. The van der Waals surface area contributed by atoms with Crippen molar-refractivity contribution in [2.45, 2.75) is 39.7 Å². The quantitative estimate of drug-likeness (QED) is 0.806. The van der Waals surface area contributed by atoms with Gasteiger partial charge in [-0.1, -0.05) is 6.92 Å². The zero-order valence-corrected chi connectivity index (χ0v) is 12.9. The van der Waals surface area contributed by atoms with Crippen molar-refractivity contribution in [3.63, 3.8) is 0 Å². The van der Waals surface area contributed by atoms with Gasteiger partial charge in [0.2, 0.25) is 0 Å². The van der Waals surface area contributed by atoms with Crippen molar-refractivity contribution in [3.05, 3.63) is 29.3 Å². The second-order valence-corrected chi connectivity index (χ2v) is 5.32. The Morgan fingerprint density at radius 1 is 1.45 bits per heavy atom. The molecule has 0 bridgehead atoms. The Morgan fingerprint density at radius 2 is 2.15 bits per heavy atom. The number of carbonyl (C=O) groups is 1. The first-order valence-electron chi connectivity index (χ1n) is 7.23. The highest BCUT2D eigenvalue weighted by Gasteiger charge is 2.14. The van der Waals surface area contributed by atoms with Gasteiger partial charge in [-0.3, -0.25) is 4.79 Å². The van der Waals surface area contributed by atoms with Crippen LogP contribution in [-0.4, -0.2) is 42.2 Å². The van der Waals surface area contributed by atoms with Gasteiger partial charge in [0.05, 0.1) is 6.10 Å². The fraction of sp³-hybridized carbons (Fsp3) is 0.562. The molecule has 0 aliphatic carbocycles. The molecule has 1 amide bonds. The van der Waals surface area contributed by atoms with Gasteiger partial charge in [-0.25, -0.2) is 0 Å². The monoisotopic (exact) mass is 278 g/mol. The summed E-state index contributed by atoms with van der Waals surface area (Å²) in [7, 11) is 1.77. The van der Waals surface area contributed by atoms with E-state index in [1.54, 1.807) is 18.9 Å². The van der Waals surface area contributed by atoms with Crippen molar-refractivity contribution < 1.29 is 9.90 Å². The van der Waals surface area contributed by atoms with Gasteiger partial charge in [-0.05, 0) is 50.5 Å². The summed E-state index contributed by atoms with van der Waals surface area (Å²) in [5.41, 5.74) is 2.74. The van der Waals surface area contributed by atoms with E-state index in [1.165, 1.54) is 0 Å². The number of nitrogens with one attached hydrogen (secondary N) is 1. The minimum absolute atomic E-state index is 0.00481. The third-order valence-electron chi connectivity index (χ3n) is 3.26. The molecule has 20 heavy (non-hydrogen) atoms. The van der Waals surface area contributed by atoms with E-state index in [1.807, 2.05) is 25.1 Å². The molecule has 4 nitrogen and oxygen atoms in total. The van der Waals surface area contributed by atoms with Gasteiger partial charge >= 0.3 is 0 Å². The molecule has 112 valence electrons. The number of anilines is 1. The SMILES string of the molecule is CCCNc1ccc(C(=O)N(C)CCC(C)O)c(C)c1. The van der Waals surface area contributed by atoms with Crippen LogP contribution in [0.3, 0.4) is 0 Å². The lowest BCUT2D eigenvalue weighted by Crippen LogP contribution is -2.30. The summed E-state index contributed by atoms with van der Waals surface area (Å²) in [5.74, 6) is 0.00481. The van der Waals surface area contributed by atoms with Crippen LogP contribution >= 0.6 is 0 Å². The second-order valence-electron chi connectivity index (χ2n) is 5.32. The normalized spacial score (nSPS) is 12.1. The number of amides is 1. The van der Waals surface area contributed by atoms with Crippen LogP contribution in [-0.2, 0) is 0 Å².